The van der Waals surface area contributed by atoms with Crippen LogP contribution >= 0.6 is 0 Å². The van der Waals surface area contributed by atoms with Crippen molar-refractivity contribution >= 4 is 16.9 Å². The van der Waals surface area contributed by atoms with Crippen molar-refractivity contribution in [3.05, 3.63) is 83.8 Å². The molecule has 2 N–H and O–H groups in total. The molecule has 0 aliphatic carbocycles. The number of aryl methyl sites for hydroxylation is 1. The van der Waals surface area contributed by atoms with E-state index in [1.54, 1.807) is 18.5 Å². The van der Waals surface area contributed by atoms with E-state index in [1.807, 2.05) is 31.2 Å². The summed E-state index contributed by atoms with van der Waals surface area (Å²) >= 11 is 0. The number of imidazole rings is 1. The van der Waals surface area contributed by atoms with Crippen LogP contribution in [-0.2, 0) is 0 Å². The van der Waals surface area contributed by atoms with E-state index in [0.29, 0.717) is 11.5 Å². The smallest absolute Gasteiger partial charge is 0.143 e. The van der Waals surface area contributed by atoms with E-state index in [2.05, 4.69) is 37.0 Å². The van der Waals surface area contributed by atoms with Gasteiger partial charge in [-0.25, -0.2) is 19.3 Å². The van der Waals surface area contributed by atoms with Gasteiger partial charge in [-0.1, -0.05) is 12.1 Å². The van der Waals surface area contributed by atoms with E-state index >= 15 is 0 Å². The SMILES string of the molecule is Cc1nc(C2CCN(c3ncnc4[nH]c(-c5ccc(C#N)cc5)cc34)CC2)[nH]c1-c1ccc(F)cc1. The van der Waals surface area contributed by atoms with E-state index in [-0.39, 0.29) is 5.82 Å². The van der Waals surface area contributed by atoms with Gasteiger partial charge in [0, 0.05) is 30.3 Å². The van der Waals surface area contributed by atoms with Crippen LogP contribution in [0, 0.1) is 24.1 Å². The molecule has 1 aliphatic heterocycles. The third-order valence-corrected chi connectivity index (χ3v) is 6.95. The Morgan fingerprint density at radius 2 is 1.69 bits per heavy atom. The minimum Gasteiger partial charge on any atom is -0.356 e. The number of nitrogens with one attached hydrogen (secondary N) is 2. The van der Waals surface area contributed by atoms with Gasteiger partial charge >= 0.3 is 0 Å². The van der Waals surface area contributed by atoms with Gasteiger partial charge in [0.1, 0.15) is 29.4 Å². The predicted molar refractivity (Wildman–Crippen MR) is 137 cm³/mol. The van der Waals surface area contributed by atoms with Gasteiger partial charge in [-0.3, -0.25) is 0 Å². The first-order chi connectivity index (χ1) is 17.6. The molecule has 1 aliphatic rings. The van der Waals surface area contributed by atoms with Crippen molar-refractivity contribution in [3.63, 3.8) is 0 Å². The van der Waals surface area contributed by atoms with Crippen molar-refractivity contribution in [1.29, 1.82) is 5.26 Å². The first-order valence-electron chi connectivity index (χ1n) is 12.0. The normalized spacial score (nSPS) is 14.3. The molecular weight excluding hydrogens is 453 g/mol. The molecule has 36 heavy (non-hydrogen) atoms. The summed E-state index contributed by atoms with van der Waals surface area (Å²) in [6.45, 7) is 3.71. The molecule has 0 amide bonds. The number of aromatic amines is 2. The van der Waals surface area contributed by atoms with Gasteiger partial charge in [-0.2, -0.15) is 5.26 Å². The van der Waals surface area contributed by atoms with Crippen LogP contribution in [0.3, 0.4) is 0 Å². The Kier molecular flexibility index (Phi) is 5.45. The Balaban J connectivity index is 1.21. The van der Waals surface area contributed by atoms with E-state index in [1.165, 1.54) is 12.1 Å². The van der Waals surface area contributed by atoms with Crippen LogP contribution in [0.15, 0.2) is 60.9 Å². The summed E-state index contributed by atoms with van der Waals surface area (Å²) in [5.41, 5.74) is 6.21. The lowest BCUT2D eigenvalue weighted by Crippen LogP contribution is -2.33. The summed E-state index contributed by atoms with van der Waals surface area (Å²) in [6, 6.07) is 18.3. The molecule has 4 heterocycles. The largest absolute Gasteiger partial charge is 0.356 e. The van der Waals surface area contributed by atoms with Gasteiger partial charge in [0.05, 0.1) is 28.4 Å². The van der Waals surface area contributed by atoms with Crippen LogP contribution in [0.5, 0.6) is 0 Å². The van der Waals surface area contributed by atoms with E-state index in [9.17, 15) is 4.39 Å². The summed E-state index contributed by atoms with van der Waals surface area (Å²) in [5, 5.41) is 10.1. The molecule has 0 saturated carbocycles. The van der Waals surface area contributed by atoms with Gasteiger partial charge in [-0.15, -0.1) is 0 Å². The monoisotopic (exact) mass is 477 g/mol. The summed E-state index contributed by atoms with van der Waals surface area (Å²) < 4.78 is 13.3. The molecule has 3 aromatic heterocycles. The third-order valence-electron chi connectivity index (χ3n) is 6.95. The number of fused-ring (bicyclic) bond motifs is 1. The van der Waals surface area contributed by atoms with Crippen LogP contribution in [-0.4, -0.2) is 38.0 Å². The van der Waals surface area contributed by atoms with Gasteiger partial charge < -0.3 is 14.9 Å². The van der Waals surface area contributed by atoms with E-state index < -0.39 is 0 Å². The van der Waals surface area contributed by atoms with Crippen molar-refractivity contribution in [2.45, 2.75) is 25.7 Å². The molecule has 0 radical (unpaired) electrons. The molecular formula is C28H24FN7. The van der Waals surface area contributed by atoms with E-state index in [0.717, 1.165) is 76.8 Å². The number of rotatable bonds is 4. The molecule has 5 aromatic rings. The molecule has 0 atom stereocenters. The summed E-state index contributed by atoms with van der Waals surface area (Å²) in [6.07, 6.45) is 3.51. The van der Waals surface area contributed by atoms with Crippen LogP contribution in [0.4, 0.5) is 10.2 Å². The first kappa shape index (κ1) is 22.0. The lowest BCUT2D eigenvalue weighted by molar-refractivity contribution is 0.487. The zero-order valence-corrected chi connectivity index (χ0v) is 19.8. The number of hydrogen-bond donors (Lipinski definition) is 2. The van der Waals surface area contributed by atoms with Crippen molar-refractivity contribution in [2.75, 3.05) is 18.0 Å². The first-order valence-corrected chi connectivity index (χ1v) is 12.0. The molecule has 2 aromatic carbocycles. The summed E-state index contributed by atoms with van der Waals surface area (Å²) in [7, 11) is 0. The minimum atomic E-state index is -0.242. The fraction of sp³-hybridized carbons (Fsp3) is 0.214. The number of nitriles is 1. The molecule has 178 valence electrons. The number of hydrogen-bond acceptors (Lipinski definition) is 5. The number of benzene rings is 2. The molecule has 1 saturated heterocycles. The molecule has 0 unspecified atom stereocenters. The zero-order chi connectivity index (χ0) is 24.6. The number of H-pyrrole nitrogens is 2. The van der Waals surface area contributed by atoms with Crippen molar-refractivity contribution in [1.82, 2.24) is 24.9 Å². The fourth-order valence-electron chi connectivity index (χ4n) is 5.00. The lowest BCUT2D eigenvalue weighted by atomic mass is 9.96. The maximum atomic E-state index is 13.3. The maximum Gasteiger partial charge on any atom is 0.143 e. The molecule has 1 fully saturated rings. The second kappa shape index (κ2) is 8.93. The van der Waals surface area contributed by atoms with Gasteiger partial charge in [0.2, 0.25) is 0 Å². The second-order valence-corrected chi connectivity index (χ2v) is 9.18. The maximum absolute atomic E-state index is 13.3. The molecule has 8 heteroatoms. The molecule has 7 nitrogen and oxygen atoms in total. The van der Waals surface area contributed by atoms with Crippen LogP contribution in [0.1, 0.15) is 35.8 Å². The number of aromatic nitrogens is 5. The average molecular weight is 478 g/mol. The highest BCUT2D eigenvalue weighted by molar-refractivity contribution is 5.92. The molecule has 0 bridgehead atoms. The number of nitrogens with zero attached hydrogens (tertiary/aromatic N) is 5. The number of halogens is 1. The van der Waals surface area contributed by atoms with Crippen molar-refractivity contribution in [3.8, 4) is 28.6 Å². The highest BCUT2D eigenvalue weighted by atomic mass is 19.1. The lowest BCUT2D eigenvalue weighted by Gasteiger charge is -2.32. The standard InChI is InChI=1S/C28H24FN7/c1-17-25(20-6-8-22(29)9-7-20)35-26(33-17)21-10-12-36(13-11-21)28-23-14-24(34-27(23)31-16-32-28)19-4-2-18(15-30)3-5-19/h2-9,14,16,21H,10-13H2,1H3,(H,33,35)(H,31,32,34). The minimum absolute atomic E-state index is 0.242. The highest BCUT2D eigenvalue weighted by Crippen LogP contribution is 2.34. The van der Waals surface area contributed by atoms with Crippen LogP contribution < -0.4 is 4.90 Å². The Hall–Kier alpha value is -4.51. The Bertz CT molecular complexity index is 1570. The molecule has 0 spiro atoms. The summed E-state index contributed by atoms with van der Waals surface area (Å²) in [4.78, 5) is 23.1. The Labute approximate surface area is 207 Å². The van der Waals surface area contributed by atoms with Gasteiger partial charge in [0.15, 0.2) is 0 Å². The summed E-state index contributed by atoms with van der Waals surface area (Å²) in [5.74, 6) is 2.00. The fourth-order valence-corrected chi connectivity index (χ4v) is 5.00. The highest BCUT2D eigenvalue weighted by Gasteiger charge is 2.26. The number of anilines is 1. The average Bonchev–Trinajstić information content (AvgIpc) is 3.53. The van der Waals surface area contributed by atoms with E-state index in [4.69, 9.17) is 10.2 Å². The van der Waals surface area contributed by atoms with Gasteiger partial charge in [0.25, 0.3) is 0 Å². The van der Waals surface area contributed by atoms with Crippen molar-refractivity contribution in [2.24, 2.45) is 0 Å². The Morgan fingerprint density at radius 3 is 2.42 bits per heavy atom. The molecule has 6 rings (SSSR count). The van der Waals surface area contributed by atoms with Crippen LogP contribution in [0.25, 0.3) is 33.5 Å². The second-order valence-electron chi connectivity index (χ2n) is 9.18. The topological polar surface area (TPSA) is 97.3 Å². The number of piperidine rings is 1. The quantitative estimate of drug-likeness (QED) is 0.345. The van der Waals surface area contributed by atoms with Gasteiger partial charge in [-0.05, 0) is 67.8 Å². The zero-order valence-electron chi connectivity index (χ0n) is 19.8. The Morgan fingerprint density at radius 1 is 0.972 bits per heavy atom. The predicted octanol–water partition coefficient (Wildman–Crippen LogP) is 5.72. The van der Waals surface area contributed by atoms with Crippen LogP contribution in [0.2, 0.25) is 0 Å². The van der Waals surface area contributed by atoms with Crippen molar-refractivity contribution < 1.29 is 4.39 Å². The third kappa shape index (κ3) is 3.99.